The second-order valence-electron chi connectivity index (χ2n) is 5.49. The molecule has 25 heavy (non-hydrogen) atoms. The molecule has 3 aromatic rings. The van der Waals surface area contributed by atoms with E-state index in [0.717, 1.165) is 17.5 Å². The Balaban J connectivity index is 1.64. The van der Waals surface area contributed by atoms with Gasteiger partial charge >= 0.3 is 0 Å². The summed E-state index contributed by atoms with van der Waals surface area (Å²) in [5.41, 5.74) is 1.84. The summed E-state index contributed by atoms with van der Waals surface area (Å²) in [6, 6.07) is 11.0. The molecule has 0 bridgehead atoms. The molecule has 0 saturated heterocycles. The highest BCUT2D eigenvalue weighted by Gasteiger charge is 2.16. The number of aryl methyl sites for hydroxylation is 1. The van der Waals surface area contributed by atoms with E-state index in [2.05, 4.69) is 14.8 Å². The lowest BCUT2D eigenvalue weighted by atomic mass is 10.2. The monoisotopic (exact) mass is 360 g/mol. The third-order valence-electron chi connectivity index (χ3n) is 3.63. The van der Waals surface area contributed by atoms with Gasteiger partial charge in [-0.3, -0.25) is 9.67 Å². The number of sulfonamides is 1. The molecule has 2 heterocycles. The summed E-state index contributed by atoms with van der Waals surface area (Å²) in [4.78, 5) is 4.29. The maximum atomic E-state index is 13.1. The predicted molar refractivity (Wildman–Crippen MR) is 91.8 cm³/mol. The van der Waals surface area contributed by atoms with Crippen LogP contribution in [-0.4, -0.2) is 29.7 Å². The molecule has 0 unspecified atom stereocenters. The first kappa shape index (κ1) is 17.2. The summed E-state index contributed by atoms with van der Waals surface area (Å²) >= 11 is 0. The SMILES string of the molecule is Cc1cc(F)ccc1S(=O)(=O)NCCn1ccc(-c2ccccn2)n1. The number of hydrogen-bond donors (Lipinski definition) is 1. The van der Waals surface area contributed by atoms with Crippen molar-refractivity contribution in [1.82, 2.24) is 19.5 Å². The number of pyridine rings is 1. The number of aromatic nitrogens is 3. The molecular formula is C17H17FN4O2S. The van der Waals surface area contributed by atoms with Crippen LogP contribution in [0.25, 0.3) is 11.4 Å². The van der Waals surface area contributed by atoms with Crippen molar-refractivity contribution >= 4 is 10.0 Å². The molecule has 130 valence electrons. The van der Waals surface area contributed by atoms with Crippen LogP contribution in [0.3, 0.4) is 0 Å². The van der Waals surface area contributed by atoms with E-state index >= 15 is 0 Å². The van der Waals surface area contributed by atoms with Crippen LogP contribution in [0.15, 0.2) is 59.8 Å². The largest absolute Gasteiger partial charge is 0.271 e. The average molecular weight is 360 g/mol. The lowest BCUT2D eigenvalue weighted by molar-refractivity contribution is 0.560. The predicted octanol–water partition coefficient (Wildman–Crippen LogP) is 2.37. The van der Waals surface area contributed by atoms with Crippen molar-refractivity contribution in [3.8, 4) is 11.4 Å². The van der Waals surface area contributed by atoms with Crippen molar-refractivity contribution in [3.63, 3.8) is 0 Å². The number of benzene rings is 1. The van der Waals surface area contributed by atoms with Gasteiger partial charge in [-0.1, -0.05) is 6.07 Å². The van der Waals surface area contributed by atoms with Crippen LogP contribution in [0, 0.1) is 12.7 Å². The van der Waals surface area contributed by atoms with Gasteiger partial charge in [0.25, 0.3) is 0 Å². The maximum absolute atomic E-state index is 13.1. The van der Waals surface area contributed by atoms with E-state index in [-0.39, 0.29) is 11.4 Å². The Hall–Kier alpha value is -2.58. The molecule has 0 aliphatic heterocycles. The summed E-state index contributed by atoms with van der Waals surface area (Å²) in [6.07, 6.45) is 3.45. The van der Waals surface area contributed by atoms with Crippen LogP contribution in [0.5, 0.6) is 0 Å². The van der Waals surface area contributed by atoms with Gasteiger partial charge in [-0.25, -0.2) is 17.5 Å². The number of rotatable bonds is 6. The average Bonchev–Trinajstić information content (AvgIpc) is 3.04. The van der Waals surface area contributed by atoms with E-state index in [9.17, 15) is 12.8 Å². The van der Waals surface area contributed by atoms with Crippen molar-refractivity contribution in [2.75, 3.05) is 6.54 Å². The first-order valence-corrected chi connectivity index (χ1v) is 9.15. The highest BCUT2D eigenvalue weighted by molar-refractivity contribution is 7.89. The fourth-order valence-corrected chi connectivity index (χ4v) is 3.67. The Bertz CT molecular complexity index is 971. The summed E-state index contributed by atoms with van der Waals surface area (Å²) in [5.74, 6) is -0.463. The van der Waals surface area contributed by atoms with E-state index in [1.807, 2.05) is 24.3 Å². The summed E-state index contributed by atoms with van der Waals surface area (Å²) in [5, 5.41) is 4.37. The third-order valence-corrected chi connectivity index (χ3v) is 5.25. The van der Waals surface area contributed by atoms with Gasteiger partial charge < -0.3 is 0 Å². The fourth-order valence-electron chi connectivity index (χ4n) is 2.42. The molecule has 1 N–H and O–H groups in total. The molecule has 0 radical (unpaired) electrons. The zero-order valence-electron chi connectivity index (χ0n) is 13.6. The van der Waals surface area contributed by atoms with E-state index in [0.29, 0.717) is 12.1 Å². The highest BCUT2D eigenvalue weighted by Crippen LogP contribution is 2.16. The molecule has 1 aromatic carbocycles. The lowest BCUT2D eigenvalue weighted by Gasteiger charge is -2.09. The van der Waals surface area contributed by atoms with Gasteiger partial charge in [0.15, 0.2) is 0 Å². The molecular weight excluding hydrogens is 343 g/mol. The number of halogens is 1. The van der Waals surface area contributed by atoms with Crippen LogP contribution >= 0.6 is 0 Å². The standard InChI is InChI=1S/C17H17FN4O2S/c1-13-12-14(18)5-6-17(13)25(23,24)20-9-11-22-10-7-16(21-22)15-4-2-3-8-19-15/h2-8,10,12,20H,9,11H2,1H3. The second-order valence-corrected chi connectivity index (χ2v) is 7.22. The second kappa shape index (κ2) is 7.12. The zero-order valence-corrected chi connectivity index (χ0v) is 14.4. The van der Waals surface area contributed by atoms with Crippen molar-refractivity contribution < 1.29 is 12.8 Å². The molecule has 0 atom stereocenters. The molecule has 0 amide bonds. The Kier molecular flexibility index (Phi) is 4.91. The van der Waals surface area contributed by atoms with Gasteiger partial charge in [-0.15, -0.1) is 0 Å². The summed E-state index contributed by atoms with van der Waals surface area (Å²) in [6.45, 7) is 2.10. The highest BCUT2D eigenvalue weighted by atomic mass is 32.2. The van der Waals surface area contributed by atoms with Crippen LogP contribution in [0.4, 0.5) is 4.39 Å². The van der Waals surface area contributed by atoms with E-state index in [1.165, 1.54) is 12.1 Å². The molecule has 0 spiro atoms. The van der Waals surface area contributed by atoms with Crippen LogP contribution in [0.2, 0.25) is 0 Å². The smallest absolute Gasteiger partial charge is 0.240 e. The Morgan fingerprint density at radius 3 is 2.72 bits per heavy atom. The van der Waals surface area contributed by atoms with Crippen LogP contribution in [-0.2, 0) is 16.6 Å². The van der Waals surface area contributed by atoms with Gasteiger partial charge in [-0.05, 0) is 48.9 Å². The normalized spacial score (nSPS) is 11.6. The molecule has 8 heteroatoms. The van der Waals surface area contributed by atoms with Crippen molar-refractivity contribution in [2.24, 2.45) is 0 Å². The number of nitrogens with zero attached hydrogens (tertiary/aromatic N) is 3. The fraction of sp³-hybridized carbons (Fsp3) is 0.176. The maximum Gasteiger partial charge on any atom is 0.240 e. The van der Waals surface area contributed by atoms with Gasteiger partial charge in [0.2, 0.25) is 10.0 Å². The number of hydrogen-bond acceptors (Lipinski definition) is 4. The molecule has 0 aliphatic rings. The van der Waals surface area contributed by atoms with Gasteiger partial charge in [0.1, 0.15) is 11.5 Å². The molecule has 3 rings (SSSR count). The van der Waals surface area contributed by atoms with E-state index in [1.54, 1.807) is 24.0 Å². The molecule has 6 nitrogen and oxygen atoms in total. The quantitative estimate of drug-likeness (QED) is 0.732. The lowest BCUT2D eigenvalue weighted by Crippen LogP contribution is -2.28. The Morgan fingerprint density at radius 1 is 1.16 bits per heavy atom. The topological polar surface area (TPSA) is 76.9 Å². The van der Waals surface area contributed by atoms with Crippen molar-refractivity contribution in [2.45, 2.75) is 18.4 Å². The van der Waals surface area contributed by atoms with Gasteiger partial charge in [0, 0.05) is 18.9 Å². The minimum absolute atomic E-state index is 0.0727. The minimum Gasteiger partial charge on any atom is -0.271 e. The van der Waals surface area contributed by atoms with Gasteiger partial charge in [0.05, 0.1) is 17.1 Å². The Labute approximate surface area is 145 Å². The summed E-state index contributed by atoms with van der Waals surface area (Å²) in [7, 11) is -3.69. The first-order valence-electron chi connectivity index (χ1n) is 7.66. The zero-order chi connectivity index (χ0) is 17.9. The van der Waals surface area contributed by atoms with Crippen molar-refractivity contribution in [1.29, 1.82) is 0 Å². The van der Waals surface area contributed by atoms with Crippen molar-refractivity contribution in [3.05, 3.63) is 66.2 Å². The third kappa shape index (κ3) is 4.09. The van der Waals surface area contributed by atoms with Crippen LogP contribution in [0.1, 0.15) is 5.56 Å². The minimum atomic E-state index is -3.69. The van der Waals surface area contributed by atoms with Crippen LogP contribution < -0.4 is 4.72 Å². The number of nitrogens with one attached hydrogen (secondary N) is 1. The molecule has 0 fully saturated rings. The summed E-state index contributed by atoms with van der Waals surface area (Å²) < 4.78 is 41.9. The Morgan fingerprint density at radius 2 is 2.00 bits per heavy atom. The van der Waals surface area contributed by atoms with E-state index in [4.69, 9.17) is 0 Å². The molecule has 0 aliphatic carbocycles. The van der Waals surface area contributed by atoms with E-state index < -0.39 is 15.8 Å². The molecule has 2 aromatic heterocycles. The van der Waals surface area contributed by atoms with Gasteiger partial charge in [-0.2, -0.15) is 5.10 Å². The first-order chi connectivity index (χ1) is 12.0. The molecule has 0 saturated carbocycles.